The molecule has 1 aromatic carbocycles. The number of allylic oxidation sites excluding steroid dienone is 3. The molecule has 6 nitrogen and oxygen atoms in total. The van der Waals surface area contributed by atoms with Gasteiger partial charge < -0.3 is 21.7 Å². The summed E-state index contributed by atoms with van der Waals surface area (Å²) < 4.78 is 0. The molecule has 7 heteroatoms. The number of para-hydroxylation sites is 1. The Bertz CT molecular complexity index is 957. The van der Waals surface area contributed by atoms with Gasteiger partial charge in [-0.3, -0.25) is 9.78 Å². The van der Waals surface area contributed by atoms with E-state index in [0.29, 0.717) is 24.4 Å². The minimum absolute atomic E-state index is 0.107. The molecule has 0 saturated carbocycles. The van der Waals surface area contributed by atoms with E-state index in [1.165, 1.54) is 0 Å². The predicted octanol–water partition coefficient (Wildman–Crippen LogP) is 8.36. The third kappa shape index (κ3) is 16.8. The third-order valence-electron chi connectivity index (χ3n) is 4.84. The maximum Gasteiger partial charge on any atom is 0.273 e. The number of amides is 1. The van der Waals surface area contributed by atoms with Gasteiger partial charge in [0, 0.05) is 47.7 Å². The molecule has 2 aromatic rings. The quantitative estimate of drug-likeness (QED) is 0.185. The molecule has 0 saturated heterocycles. The van der Waals surface area contributed by atoms with Gasteiger partial charge in [0.05, 0.1) is 5.70 Å². The van der Waals surface area contributed by atoms with Gasteiger partial charge in [0.1, 0.15) is 5.70 Å². The molecule has 40 heavy (non-hydrogen) atoms. The minimum atomic E-state index is -0.374. The molecule has 0 aliphatic heterocycles. The predicted molar refractivity (Wildman–Crippen MR) is 181 cm³/mol. The Kier molecular flexibility index (Phi) is 30.0. The highest BCUT2D eigenvalue weighted by atomic mass is 32.2. The van der Waals surface area contributed by atoms with Gasteiger partial charge in [0.2, 0.25) is 0 Å². The van der Waals surface area contributed by atoms with Crippen molar-refractivity contribution in [3.05, 3.63) is 94.6 Å². The molecular weight excluding hydrogens is 514 g/mol. The molecule has 1 aromatic heterocycles. The number of rotatable bonds is 11. The number of hydrogen-bond acceptors (Lipinski definition) is 6. The summed E-state index contributed by atoms with van der Waals surface area (Å²) in [7, 11) is 0. The second-order valence-corrected chi connectivity index (χ2v) is 7.99. The van der Waals surface area contributed by atoms with Gasteiger partial charge in [0.15, 0.2) is 0 Å². The van der Waals surface area contributed by atoms with Crippen LogP contribution < -0.4 is 16.8 Å². The monoisotopic (exact) mass is 571 g/mol. The lowest BCUT2D eigenvalue weighted by molar-refractivity contribution is -0.113. The fourth-order valence-corrected chi connectivity index (χ4v) is 3.82. The Morgan fingerprint density at radius 2 is 1.55 bits per heavy atom. The van der Waals surface area contributed by atoms with Crippen molar-refractivity contribution in [2.45, 2.75) is 82.1 Å². The van der Waals surface area contributed by atoms with E-state index in [2.05, 4.69) is 29.4 Å². The second kappa shape index (κ2) is 29.0. The molecule has 0 atom stereocenters. The van der Waals surface area contributed by atoms with Gasteiger partial charge in [-0.25, -0.2) is 0 Å². The van der Waals surface area contributed by atoms with Crippen LogP contribution >= 0.6 is 11.8 Å². The van der Waals surface area contributed by atoms with Gasteiger partial charge in [-0.1, -0.05) is 92.7 Å². The van der Waals surface area contributed by atoms with Crippen LogP contribution in [0.1, 0.15) is 81.4 Å². The van der Waals surface area contributed by atoms with E-state index in [1.807, 2.05) is 122 Å². The highest BCUT2D eigenvalue weighted by Gasteiger charge is 2.19. The molecule has 0 fully saturated rings. The zero-order valence-electron chi connectivity index (χ0n) is 27.0. The summed E-state index contributed by atoms with van der Waals surface area (Å²) in [5, 5.41) is 2.84. The van der Waals surface area contributed by atoms with Crippen molar-refractivity contribution in [2.24, 2.45) is 11.5 Å². The average Bonchev–Trinajstić information content (AvgIpc) is 3.03. The minimum Gasteiger partial charge on any atom is -0.393 e. The Morgan fingerprint density at radius 3 is 2.02 bits per heavy atom. The SMILES string of the molecule is CC.CC.CC.CC.CC/C=C(/C=C(\C)N(CCc1ccccn1)/C(CN)=C(\N)C(=O)Nc1ccccc1)SC. The van der Waals surface area contributed by atoms with E-state index < -0.39 is 0 Å². The number of carbonyl (C=O) groups is 1. The van der Waals surface area contributed by atoms with Gasteiger partial charge in [-0.15, -0.1) is 11.8 Å². The number of nitrogens with one attached hydrogen (secondary N) is 1. The van der Waals surface area contributed by atoms with Crippen molar-refractivity contribution in [2.75, 3.05) is 24.7 Å². The molecule has 0 radical (unpaired) electrons. The number of nitrogens with two attached hydrogens (primary N) is 2. The zero-order chi connectivity index (χ0) is 31.3. The normalized spacial score (nSPS) is 10.9. The first-order valence-electron chi connectivity index (χ1n) is 14.6. The Labute approximate surface area is 250 Å². The fourth-order valence-electron chi connectivity index (χ4n) is 3.20. The number of nitrogens with zero attached hydrogens (tertiary/aromatic N) is 2. The summed E-state index contributed by atoms with van der Waals surface area (Å²) in [5.41, 5.74) is 15.7. The number of hydrogen-bond donors (Lipinski definition) is 3. The number of anilines is 1. The highest BCUT2D eigenvalue weighted by Crippen LogP contribution is 2.22. The summed E-state index contributed by atoms with van der Waals surface area (Å²) in [6.07, 6.45) is 9.72. The van der Waals surface area contributed by atoms with Crippen LogP contribution in [0, 0.1) is 0 Å². The zero-order valence-corrected chi connectivity index (χ0v) is 27.9. The van der Waals surface area contributed by atoms with E-state index >= 15 is 0 Å². The number of pyridine rings is 1. The largest absolute Gasteiger partial charge is 0.393 e. The Morgan fingerprint density at radius 1 is 0.975 bits per heavy atom. The first kappa shape index (κ1) is 41.5. The first-order chi connectivity index (χ1) is 19.5. The van der Waals surface area contributed by atoms with Crippen LogP contribution in [0.3, 0.4) is 0 Å². The molecule has 1 amide bonds. The van der Waals surface area contributed by atoms with Crippen LogP contribution in [0.5, 0.6) is 0 Å². The summed E-state index contributed by atoms with van der Waals surface area (Å²) >= 11 is 1.68. The van der Waals surface area contributed by atoms with Crippen molar-refractivity contribution in [1.82, 2.24) is 9.88 Å². The van der Waals surface area contributed by atoms with Crippen molar-refractivity contribution in [3.63, 3.8) is 0 Å². The van der Waals surface area contributed by atoms with E-state index in [0.717, 1.165) is 22.7 Å². The number of aromatic nitrogens is 1. The van der Waals surface area contributed by atoms with E-state index in [9.17, 15) is 4.79 Å². The Balaban J connectivity index is -0.00000157. The lowest BCUT2D eigenvalue weighted by Crippen LogP contribution is -2.34. The molecule has 0 bridgehead atoms. The molecule has 0 unspecified atom stereocenters. The Hall–Kier alpha value is -3.03. The van der Waals surface area contributed by atoms with E-state index in [1.54, 1.807) is 18.0 Å². The van der Waals surface area contributed by atoms with Gasteiger partial charge in [0.25, 0.3) is 5.91 Å². The molecule has 5 N–H and O–H groups in total. The van der Waals surface area contributed by atoms with Crippen LogP contribution in [-0.4, -0.2) is 35.1 Å². The van der Waals surface area contributed by atoms with Crippen LogP contribution in [0.25, 0.3) is 0 Å². The van der Waals surface area contributed by atoms with Crippen LogP contribution in [0.4, 0.5) is 5.69 Å². The number of carbonyl (C=O) groups excluding carboxylic acids is 1. The van der Waals surface area contributed by atoms with Crippen molar-refractivity contribution >= 4 is 23.4 Å². The topological polar surface area (TPSA) is 97.3 Å². The van der Waals surface area contributed by atoms with Gasteiger partial charge >= 0.3 is 0 Å². The molecule has 0 aliphatic carbocycles. The maximum atomic E-state index is 12.9. The van der Waals surface area contributed by atoms with Crippen LogP contribution in [0.15, 0.2) is 88.9 Å². The molecule has 0 spiro atoms. The third-order valence-corrected chi connectivity index (χ3v) is 5.60. The summed E-state index contributed by atoms with van der Waals surface area (Å²) in [6.45, 7) is 20.8. The summed E-state index contributed by atoms with van der Waals surface area (Å²) in [6, 6.07) is 15.1. The molecule has 0 aliphatic rings. The standard InChI is InChI=1S/C25H33N5OS.4C2H6/c1-4-10-22(32-3)17-19(2)30(16-14-20-11-8-9-15-28-20)23(18-26)24(27)25(31)29-21-12-6-5-7-13-21;4*1-2/h5-13,15,17H,4,14,16,18,26-27H2,1-3H3,(H,29,31);4*1-2H3/b19-17+,22-10-,24-23-;;;;. The lowest BCUT2D eigenvalue weighted by Gasteiger charge is -2.29. The highest BCUT2D eigenvalue weighted by molar-refractivity contribution is 8.02. The summed E-state index contributed by atoms with van der Waals surface area (Å²) in [5.74, 6) is -0.374. The van der Waals surface area contributed by atoms with Gasteiger partial charge in [-0.2, -0.15) is 0 Å². The van der Waals surface area contributed by atoms with Crippen LogP contribution in [0.2, 0.25) is 0 Å². The smallest absolute Gasteiger partial charge is 0.273 e. The van der Waals surface area contributed by atoms with E-state index in [-0.39, 0.29) is 18.1 Å². The van der Waals surface area contributed by atoms with Crippen LogP contribution in [-0.2, 0) is 11.2 Å². The maximum absolute atomic E-state index is 12.9. The van der Waals surface area contributed by atoms with E-state index in [4.69, 9.17) is 11.5 Å². The average molecular weight is 572 g/mol. The van der Waals surface area contributed by atoms with Crippen molar-refractivity contribution in [3.8, 4) is 0 Å². The molecule has 2 rings (SSSR count). The van der Waals surface area contributed by atoms with Crippen molar-refractivity contribution in [1.29, 1.82) is 0 Å². The first-order valence-corrected chi connectivity index (χ1v) is 15.9. The fraction of sp³-hybridized carbons (Fsp3) is 0.455. The second-order valence-electron chi connectivity index (χ2n) is 7.11. The number of benzene rings is 1. The van der Waals surface area contributed by atoms with Crippen molar-refractivity contribution < 1.29 is 4.79 Å². The lowest BCUT2D eigenvalue weighted by atomic mass is 10.2. The molecular formula is C33H57N5OS. The molecule has 1 heterocycles. The summed E-state index contributed by atoms with van der Waals surface area (Å²) in [4.78, 5) is 20.5. The van der Waals surface area contributed by atoms with Gasteiger partial charge in [-0.05, 0) is 49.9 Å². The number of thioether (sulfide) groups is 1. The molecule has 226 valence electrons.